The molecule has 0 aliphatic carbocycles. The second-order valence-electron chi connectivity index (χ2n) is 4.18. The minimum Gasteiger partial charge on any atom is -0.480 e. The van der Waals surface area contributed by atoms with Crippen molar-refractivity contribution in [3.8, 4) is 22.9 Å². The van der Waals surface area contributed by atoms with E-state index in [0.29, 0.717) is 5.69 Å². The first kappa shape index (κ1) is 15.2. The standard InChI is InChI=1S/C14H12N2O3S2/c1-2-4-16(7-13(18)19)12(17)6-11-9-21-14(15-11)10-3-5-20-8-10/h1,3,5,8-9H,4,6-7H2,(H,18,19). The molecule has 0 aliphatic rings. The van der Waals surface area contributed by atoms with Crippen LogP contribution in [0.25, 0.3) is 10.6 Å². The second-order valence-corrected chi connectivity index (χ2v) is 5.82. The topological polar surface area (TPSA) is 70.5 Å². The minimum atomic E-state index is -1.09. The van der Waals surface area contributed by atoms with Gasteiger partial charge in [0.1, 0.15) is 11.6 Å². The van der Waals surface area contributed by atoms with Crippen LogP contribution < -0.4 is 0 Å². The zero-order valence-electron chi connectivity index (χ0n) is 11.0. The van der Waals surface area contributed by atoms with E-state index in [1.165, 1.54) is 11.3 Å². The lowest BCUT2D eigenvalue weighted by atomic mass is 10.3. The average Bonchev–Trinajstić information content (AvgIpc) is 3.07. The van der Waals surface area contributed by atoms with Crippen LogP contribution in [0.15, 0.2) is 22.2 Å². The normalized spacial score (nSPS) is 10.0. The Morgan fingerprint density at radius 3 is 2.86 bits per heavy atom. The Morgan fingerprint density at radius 2 is 2.24 bits per heavy atom. The van der Waals surface area contributed by atoms with E-state index in [1.807, 2.05) is 16.8 Å². The highest BCUT2D eigenvalue weighted by molar-refractivity contribution is 7.14. The van der Waals surface area contributed by atoms with Crippen molar-refractivity contribution in [2.75, 3.05) is 13.1 Å². The van der Waals surface area contributed by atoms with Crippen molar-refractivity contribution in [2.24, 2.45) is 0 Å². The van der Waals surface area contributed by atoms with Crippen molar-refractivity contribution in [2.45, 2.75) is 6.42 Å². The Bertz CT molecular complexity index is 671. The number of carboxylic acids is 1. The lowest BCUT2D eigenvalue weighted by Gasteiger charge is -2.17. The fourth-order valence-corrected chi connectivity index (χ4v) is 3.21. The van der Waals surface area contributed by atoms with E-state index in [1.54, 1.807) is 16.7 Å². The van der Waals surface area contributed by atoms with E-state index in [0.717, 1.165) is 15.5 Å². The van der Waals surface area contributed by atoms with Gasteiger partial charge in [0, 0.05) is 16.3 Å². The predicted molar refractivity (Wildman–Crippen MR) is 82.2 cm³/mol. The van der Waals surface area contributed by atoms with Crippen LogP contribution in [0.3, 0.4) is 0 Å². The maximum Gasteiger partial charge on any atom is 0.323 e. The summed E-state index contributed by atoms with van der Waals surface area (Å²) in [6, 6.07) is 1.96. The number of aliphatic carboxylic acids is 1. The molecule has 2 heterocycles. The number of thiazole rings is 1. The Kier molecular flexibility index (Phi) is 5.09. The Morgan fingerprint density at radius 1 is 1.43 bits per heavy atom. The molecule has 2 aromatic rings. The highest BCUT2D eigenvalue weighted by atomic mass is 32.1. The van der Waals surface area contributed by atoms with Gasteiger partial charge in [0.2, 0.25) is 5.91 Å². The number of nitrogens with zero attached hydrogens (tertiary/aromatic N) is 2. The number of thiophene rings is 1. The Hall–Kier alpha value is -2.17. The number of hydrogen-bond donors (Lipinski definition) is 1. The third-order valence-corrected chi connectivity index (χ3v) is 4.24. The van der Waals surface area contributed by atoms with Crippen LogP contribution >= 0.6 is 22.7 Å². The zero-order valence-corrected chi connectivity index (χ0v) is 12.6. The van der Waals surface area contributed by atoms with Crippen molar-refractivity contribution >= 4 is 34.6 Å². The fraction of sp³-hybridized carbons (Fsp3) is 0.214. The largest absolute Gasteiger partial charge is 0.480 e. The van der Waals surface area contributed by atoms with Gasteiger partial charge in [-0.2, -0.15) is 11.3 Å². The molecular formula is C14H12N2O3S2. The van der Waals surface area contributed by atoms with Gasteiger partial charge in [-0.05, 0) is 11.4 Å². The summed E-state index contributed by atoms with van der Waals surface area (Å²) >= 11 is 3.04. The van der Waals surface area contributed by atoms with E-state index in [-0.39, 0.29) is 18.9 Å². The van der Waals surface area contributed by atoms with Gasteiger partial charge in [-0.3, -0.25) is 9.59 Å². The molecule has 0 atom stereocenters. The number of carboxylic acid groups (broad SMARTS) is 1. The monoisotopic (exact) mass is 320 g/mol. The number of hydrogen-bond acceptors (Lipinski definition) is 5. The van der Waals surface area contributed by atoms with Crippen LogP contribution in [0.1, 0.15) is 5.69 Å². The van der Waals surface area contributed by atoms with Gasteiger partial charge >= 0.3 is 5.97 Å². The molecule has 0 bridgehead atoms. The van der Waals surface area contributed by atoms with Crippen molar-refractivity contribution in [3.05, 3.63) is 27.9 Å². The summed E-state index contributed by atoms with van der Waals surface area (Å²) in [5.74, 6) is 0.870. The third kappa shape index (κ3) is 4.15. The van der Waals surface area contributed by atoms with E-state index in [2.05, 4.69) is 10.9 Å². The van der Waals surface area contributed by atoms with E-state index < -0.39 is 12.5 Å². The lowest BCUT2D eigenvalue weighted by molar-refractivity contribution is -0.143. The second kappa shape index (κ2) is 7.02. The highest BCUT2D eigenvalue weighted by Gasteiger charge is 2.17. The summed E-state index contributed by atoms with van der Waals surface area (Å²) in [6.07, 6.45) is 5.21. The number of amides is 1. The van der Waals surface area contributed by atoms with Crippen LogP contribution in [0.5, 0.6) is 0 Å². The highest BCUT2D eigenvalue weighted by Crippen LogP contribution is 2.25. The molecule has 2 aromatic heterocycles. The van der Waals surface area contributed by atoms with Crippen LogP contribution in [-0.4, -0.2) is 40.0 Å². The van der Waals surface area contributed by atoms with Crippen molar-refractivity contribution in [1.82, 2.24) is 9.88 Å². The number of carbonyl (C=O) groups is 2. The number of terminal acetylenes is 1. The maximum absolute atomic E-state index is 12.1. The number of aromatic nitrogens is 1. The van der Waals surface area contributed by atoms with Crippen LogP contribution in [0.4, 0.5) is 0 Å². The van der Waals surface area contributed by atoms with Crippen LogP contribution in [-0.2, 0) is 16.0 Å². The first-order valence-electron chi connectivity index (χ1n) is 6.00. The van der Waals surface area contributed by atoms with Gasteiger partial charge in [-0.15, -0.1) is 17.8 Å². The van der Waals surface area contributed by atoms with Crippen LogP contribution in [0, 0.1) is 12.3 Å². The average molecular weight is 320 g/mol. The van der Waals surface area contributed by atoms with Crippen molar-refractivity contribution in [1.29, 1.82) is 0 Å². The molecule has 0 saturated heterocycles. The number of carbonyl (C=O) groups excluding carboxylic acids is 1. The first-order valence-corrected chi connectivity index (χ1v) is 7.82. The maximum atomic E-state index is 12.1. The van der Waals surface area contributed by atoms with Crippen molar-refractivity contribution < 1.29 is 14.7 Å². The van der Waals surface area contributed by atoms with Gasteiger partial charge in [0.15, 0.2) is 0 Å². The molecule has 0 radical (unpaired) electrons. The quantitative estimate of drug-likeness (QED) is 0.826. The molecule has 0 aromatic carbocycles. The van der Waals surface area contributed by atoms with Crippen LogP contribution in [0.2, 0.25) is 0 Å². The molecule has 0 fully saturated rings. The predicted octanol–water partition coefficient (Wildman–Crippen LogP) is 1.96. The summed E-state index contributed by atoms with van der Waals surface area (Å²) < 4.78 is 0. The smallest absolute Gasteiger partial charge is 0.323 e. The molecule has 0 aliphatic heterocycles. The molecule has 108 valence electrons. The number of rotatable bonds is 6. The lowest BCUT2D eigenvalue weighted by Crippen LogP contribution is -2.37. The summed E-state index contributed by atoms with van der Waals surface area (Å²) in [7, 11) is 0. The molecule has 2 rings (SSSR count). The van der Waals surface area contributed by atoms with E-state index in [9.17, 15) is 9.59 Å². The Labute approximate surface area is 129 Å². The van der Waals surface area contributed by atoms with E-state index >= 15 is 0 Å². The third-order valence-electron chi connectivity index (χ3n) is 2.61. The molecular weight excluding hydrogens is 308 g/mol. The molecule has 0 saturated carbocycles. The minimum absolute atomic E-state index is 0.0212. The summed E-state index contributed by atoms with van der Waals surface area (Å²) in [6.45, 7) is -0.419. The molecule has 5 nitrogen and oxygen atoms in total. The summed E-state index contributed by atoms with van der Waals surface area (Å²) in [4.78, 5) is 28.3. The van der Waals surface area contributed by atoms with Gasteiger partial charge in [-0.1, -0.05) is 5.92 Å². The van der Waals surface area contributed by atoms with Gasteiger partial charge in [0.05, 0.1) is 18.7 Å². The SMILES string of the molecule is C#CCN(CC(=O)O)C(=O)Cc1csc(-c2ccsc2)n1. The molecule has 21 heavy (non-hydrogen) atoms. The Balaban J connectivity index is 2.05. The summed E-state index contributed by atoms with van der Waals surface area (Å²) in [5, 5.41) is 15.4. The zero-order chi connectivity index (χ0) is 15.2. The molecule has 0 spiro atoms. The van der Waals surface area contributed by atoms with Gasteiger partial charge < -0.3 is 10.0 Å². The molecule has 0 unspecified atom stereocenters. The first-order chi connectivity index (χ1) is 10.1. The fourth-order valence-electron chi connectivity index (χ4n) is 1.68. The molecule has 1 N–H and O–H groups in total. The molecule has 7 heteroatoms. The van der Waals surface area contributed by atoms with E-state index in [4.69, 9.17) is 11.5 Å². The van der Waals surface area contributed by atoms with Gasteiger partial charge in [-0.25, -0.2) is 4.98 Å². The summed E-state index contributed by atoms with van der Waals surface area (Å²) in [5.41, 5.74) is 1.65. The van der Waals surface area contributed by atoms with Crippen molar-refractivity contribution in [3.63, 3.8) is 0 Å². The van der Waals surface area contributed by atoms with Gasteiger partial charge in [0.25, 0.3) is 0 Å². The molecule has 1 amide bonds.